The molecule has 3 heterocycles. The van der Waals surface area contributed by atoms with E-state index in [9.17, 15) is 13.2 Å². The Balaban J connectivity index is 1.18. The van der Waals surface area contributed by atoms with Crippen LogP contribution < -0.4 is 10.1 Å². The molecule has 1 N–H and O–H groups in total. The third kappa shape index (κ3) is 5.34. The van der Waals surface area contributed by atoms with E-state index in [0.29, 0.717) is 37.5 Å². The number of ether oxygens (including phenoxy) is 2. The van der Waals surface area contributed by atoms with Gasteiger partial charge in [-0.05, 0) is 42.7 Å². The summed E-state index contributed by atoms with van der Waals surface area (Å²) in [7, 11) is -3.72. The summed E-state index contributed by atoms with van der Waals surface area (Å²) >= 11 is 0. The number of hydrogen-bond donors (Lipinski definition) is 1. The van der Waals surface area contributed by atoms with Gasteiger partial charge in [0.25, 0.3) is 10.0 Å². The molecule has 0 unspecified atom stereocenters. The number of sulfonamides is 1. The van der Waals surface area contributed by atoms with Crippen LogP contribution in [0.15, 0.2) is 57.8 Å². The first-order valence-corrected chi connectivity index (χ1v) is 13.5. The fourth-order valence-electron chi connectivity index (χ4n) is 4.76. The van der Waals surface area contributed by atoms with E-state index >= 15 is 0 Å². The molecule has 3 aliphatic heterocycles. The van der Waals surface area contributed by atoms with Crippen molar-refractivity contribution in [1.29, 1.82) is 0 Å². The van der Waals surface area contributed by atoms with Gasteiger partial charge in [0.1, 0.15) is 23.3 Å². The molecule has 35 heavy (non-hydrogen) atoms. The van der Waals surface area contributed by atoms with E-state index in [4.69, 9.17) is 9.47 Å². The van der Waals surface area contributed by atoms with Crippen molar-refractivity contribution < 1.29 is 22.7 Å². The Morgan fingerprint density at radius 3 is 2.80 bits per heavy atom. The molecule has 0 bridgehead atoms. The van der Waals surface area contributed by atoms with Crippen LogP contribution in [0.3, 0.4) is 0 Å². The van der Waals surface area contributed by atoms with Gasteiger partial charge >= 0.3 is 0 Å². The first-order valence-electron chi connectivity index (χ1n) is 12.0. The van der Waals surface area contributed by atoms with E-state index in [0.717, 1.165) is 50.6 Å². The van der Waals surface area contributed by atoms with Gasteiger partial charge in [-0.25, -0.2) is 0 Å². The lowest BCUT2D eigenvalue weighted by Crippen LogP contribution is -2.45. The molecule has 2 aromatic carbocycles. The highest BCUT2D eigenvalue weighted by Crippen LogP contribution is 2.31. The number of nitrogens with one attached hydrogen (secondary N) is 1. The summed E-state index contributed by atoms with van der Waals surface area (Å²) in [6, 6.07) is 14.0. The smallest absolute Gasteiger partial charge is 0.285 e. The molecule has 186 valence electrons. The molecule has 2 saturated heterocycles. The van der Waals surface area contributed by atoms with Gasteiger partial charge in [0.15, 0.2) is 5.84 Å². The first kappa shape index (κ1) is 23.8. The number of morpholine rings is 1. The summed E-state index contributed by atoms with van der Waals surface area (Å²) in [5, 5.41) is 3.01. The summed E-state index contributed by atoms with van der Waals surface area (Å²) in [5.74, 6) is 1.01. The summed E-state index contributed by atoms with van der Waals surface area (Å²) in [6.45, 7) is 5.80. The third-order valence-electron chi connectivity index (χ3n) is 6.59. The molecule has 0 aliphatic carbocycles. The van der Waals surface area contributed by atoms with Gasteiger partial charge in [0, 0.05) is 38.3 Å². The van der Waals surface area contributed by atoms with Crippen molar-refractivity contribution in [2.24, 2.45) is 4.40 Å². The lowest BCUT2D eigenvalue weighted by Gasteiger charge is -2.26. The average Bonchev–Trinajstić information content (AvgIpc) is 3.46. The minimum atomic E-state index is -3.72. The zero-order valence-electron chi connectivity index (χ0n) is 19.6. The van der Waals surface area contributed by atoms with Crippen LogP contribution in [0, 0.1) is 0 Å². The molecule has 1 atom stereocenters. The number of carbonyl (C=O) groups excluding carboxylic acids is 1. The monoisotopic (exact) mass is 498 g/mol. The highest BCUT2D eigenvalue weighted by atomic mass is 32.2. The topological polar surface area (TPSA) is 101 Å². The molecular formula is C25H30N4O5S. The van der Waals surface area contributed by atoms with Gasteiger partial charge in [0.2, 0.25) is 5.91 Å². The molecule has 0 aromatic heterocycles. The molecule has 0 spiro atoms. The first-order chi connectivity index (χ1) is 17.0. The number of amidine groups is 1. The Bertz CT molecular complexity index is 1210. The predicted molar refractivity (Wildman–Crippen MR) is 131 cm³/mol. The Morgan fingerprint density at radius 1 is 1.11 bits per heavy atom. The second kappa shape index (κ2) is 10.3. The Morgan fingerprint density at radius 2 is 1.94 bits per heavy atom. The minimum Gasteiger partial charge on any atom is -0.492 e. The van der Waals surface area contributed by atoms with Crippen LogP contribution in [0.2, 0.25) is 0 Å². The molecular weight excluding hydrogens is 468 g/mol. The number of nitrogens with zero attached hydrogens (tertiary/aromatic N) is 3. The fourth-order valence-corrected chi connectivity index (χ4v) is 5.98. The van der Waals surface area contributed by atoms with E-state index in [1.165, 1.54) is 0 Å². The molecule has 1 amide bonds. The van der Waals surface area contributed by atoms with Crippen LogP contribution in [0.4, 0.5) is 0 Å². The van der Waals surface area contributed by atoms with Crippen molar-refractivity contribution >= 4 is 21.8 Å². The maximum atomic E-state index is 13.1. The van der Waals surface area contributed by atoms with Crippen LogP contribution in [0.5, 0.6) is 5.75 Å². The molecule has 2 aromatic rings. The highest BCUT2D eigenvalue weighted by molar-refractivity contribution is 7.90. The standard InChI is InChI=1S/C25H30N4O5S/c30-25(22-8-4-10-29(22)24-21-7-1-2-9-23(21)35(31,32)27-24)26-18-19-5-3-6-20(17-19)34-16-13-28-11-14-33-15-12-28/h1-3,5-7,9,17,22H,4,8,10-16,18H2,(H,26,30)/t22-/m0/s1. The molecule has 3 aliphatic rings. The normalized spacial score (nSPS) is 21.4. The zero-order chi connectivity index (χ0) is 24.3. The average molecular weight is 499 g/mol. The Kier molecular flexibility index (Phi) is 7.03. The second-order valence-corrected chi connectivity index (χ2v) is 10.5. The van der Waals surface area contributed by atoms with E-state index in [1.807, 2.05) is 29.2 Å². The summed E-state index contributed by atoms with van der Waals surface area (Å²) in [4.78, 5) is 17.4. The fraction of sp³-hybridized carbons (Fsp3) is 0.440. The minimum absolute atomic E-state index is 0.134. The van der Waals surface area contributed by atoms with E-state index in [-0.39, 0.29) is 10.8 Å². The highest BCUT2D eigenvalue weighted by Gasteiger charge is 2.39. The van der Waals surface area contributed by atoms with Crippen molar-refractivity contribution in [2.75, 3.05) is 46.0 Å². The quantitative estimate of drug-likeness (QED) is 0.619. The number of benzene rings is 2. The van der Waals surface area contributed by atoms with Crippen molar-refractivity contribution in [3.05, 3.63) is 59.7 Å². The van der Waals surface area contributed by atoms with Crippen LogP contribution in [0.1, 0.15) is 24.0 Å². The van der Waals surface area contributed by atoms with Gasteiger partial charge in [-0.1, -0.05) is 24.3 Å². The predicted octanol–water partition coefficient (Wildman–Crippen LogP) is 1.63. The summed E-state index contributed by atoms with van der Waals surface area (Å²) in [6.07, 6.45) is 1.45. The van der Waals surface area contributed by atoms with Crippen LogP contribution >= 0.6 is 0 Å². The molecule has 5 rings (SSSR count). The van der Waals surface area contributed by atoms with Crippen molar-refractivity contribution in [1.82, 2.24) is 15.1 Å². The molecule has 10 heteroatoms. The molecule has 0 saturated carbocycles. The number of fused-ring (bicyclic) bond motifs is 1. The van der Waals surface area contributed by atoms with Crippen LogP contribution in [0.25, 0.3) is 0 Å². The van der Waals surface area contributed by atoms with Crippen LogP contribution in [-0.2, 0) is 26.1 Å². The van der Waals surface area contributed by atoms with E-state index < -0.39 is 16.1 Å². The lowest BCUT2D eigenvalue weighted by molar-refractivity contribution is -0.124. The number of hydrogen-bond acceptors (Lipinski definition) is 7. The van der Waals surface area contributed by atoms with Gasteiger partial charge < -0.3 is 19.7 Å². The van der Waals surface area contributed by atoms with E-state index in [1.54, 1.807) is 24.3 Å². The van der Waals surface area contributed by atoms with Crippen molar-refractivity contribution in [3.8, 4) is 5.75 Å². The summed E-state index contributed by atoms with van der Waals surface area (Å²) in [5.41, 5.74) is 1.51. The lowest BCUT2D eigenvalue weighted by atomic mass is 10.1. The SMILES string of the molecule is O=C(NCc1cccc(OCCN2CCOCC2)c1)[C@@H]1CCCN1C1=NS(=O)(=O)c2ccccc21. The molecule has 9 nitrogen and oxygen atoms in total. The molecule has 0 radical (unpaired) electrons. The zero-order valence-corrected chi connectivity index (χ0v) is 20.4. The summed E-state index contributed by atoms with van der Waals surface area (Å²) < 4.78 is 40.2. The van der Waals surface area contributed by atoms with Crippen molar-refractivity contribution in [3.63, 3.8) is 0 Å². The number of amides is 1. The van der Waals surface area contributed by atoms with Gasteiger partial charge in [-0.3, -0.25) is 9.69 Å². The van der Waals surface area contributed by atoms with E-state index in [2.05, 4.69) is 14.6 Å². The van der Waals surface area contributed by atoms with Gasteiger partial charge in [-0.2, -0.15) is 8.42 Å². The third-order valence-corrected chi connectivity index (χ3v) is 7.91. The van der Waals surface area contributed by atoms with Gasteiger partial charge in [-0.15, -0.1) is 4.40 Å². The largest absolute Gasteiger partial charge is 0.492 e. The Labute approximate surface area is 205 Å². The second-order valence-electron chi connectivity index (χ2n) is 8.91. The maximum Gasteiger partial charge on any atom is 0.285 e. The molecule has 2 fully saturated rings. The number of likely N-dealkylation sites (tertiary alicyclic amines) is 1. The Hall–Kier alpha value is -2.95. The number of carbonyl (C=O) groups is 1. The van der Waals surface area contributed by atoms with Crippen LogP contribution in [-0.4, -0.2) is 82.0 Å². The maximum absolute atomic E-state index is 13.1. The van der Waals surface area contributed by atoms with Crippen molar-refractivity contribution in [2.45, 2.75) is 30.3 Å². The number of rotatable bonds is 7. The van der Waals surface area contributed by atoms with Gasteiger partial charge in [0.05, 0.1) is 13.2 Å².